The van der Waals surface area contributed by atoms with Gasteiger partial charge in [-0.25, -0.2) is 14.8 Å². The summed E-state index contributed by atoms with van der Waals surface area (Å²) >= 11 is 0. The van der Waals surface area contributed by atoms with Crippen molar-refractivity contribution in [1.29, 1.82) is 0 Å². The first-order valence-corrected chi connectivity index (χ1v) is 13.1. The van der Waals surface area contributed by atoms with E-state index < -0.39 is 18.6 Å². The largest absolute Gasteiger partial charge is 0.478 e. The predicted molar refractivity (Wildman–Crippen MR) is 148 cm³/mol. The summed E-state index contributed by atoms with van der Waals surface area (Å²) in [5.74, 6) is -0.0149. The number of nitrogens with zero attached hydrogens (tertiary/aromatic N) is 4. The zero-order valence-corrected chi connectivity index (χ0v) is 22.2. The van der Waals surface area contributed by atoms with Gasteiger partial charge in [-0.3, -0.25) is 0 Å². The van der Waals surface area contributed by atoms with Crippen LogP contribution in [0.4, 0.5) is 13.2 Å². The van der Waals surface area contributed by atoms with Gasteiger partial charge >= 0.3 is 12.1 Å². The summed E-state index contributed by atoms with van der Waals surface area (Å²) in [6, 6.07) is 18.8. The van der Waals surface area contributed by atoms with Crippen LogP contribution in [0.2, 0.25) is 0 Å². The fraction of sp³-hybridized carbons (Fsp3) is 0.258. The molecular weight excluding hydrogens is 517 g/mol. The van der Waals surface area contributed by atoms with Gasteiger partial charge in [0.1, 0.15) is 5.82 Å². The highest BCUT2D eigenvalue weighted by atomic mass is 19.4. The van der Waals surface area contributed by atoms with Crippen molar-refractivity contribution in [3.05, 3.63) is 95.7 Å². The fourth-order valence-corrected chi connectivity index (χ4v) is 4.96. The second-order valence-corrected chi connectivity index (χ2v) is 9.93. The molecule has 9 heteroatoms. The second kappa shape index (κ2) is 11.0. The van der Waals surface area contributed by atoms with Crippen LogP contribution in [-0.4, -0.2) is 36.4 Å². The Labute approximate surface area is 229 Å². The van der Waals surface area contributed by atoms with E-state index in [2.05, 4.69) is 16.5 Å². The van der Waals surface area contributed by atoms with Crippen molar-refractivity contribution >= 4 is 17.0 Å². The van der Waals surface area contributed by atoms with Crippen molar-refractivity contribution < 1.29 is 23.1 Å². The number of carboxylic acid groups (broad SMARTS) is 1. The lowest BCUT2D eigenvalue weighted by Crippen LogP contribution is -2.11. The van der Waals surface area contributed by atoms with Crippen LogP contribution in [0.5, 0.6) is 0 Å². The summed E-state index contributed by atoms with van der Waals surface area (Å²) < 4.78 is 41.7. The molecule has 5 rings (SSSR count). The summed E-state index contributed by atoms with van der Waals surface area (Å²) in [5.41, 5.74) is 6.99. The second-order valence-electron chi connectivity index (χ2n) is 9.93. The van der Waals surface area contributed by atoms with E-state index in [9.17, 15) is 23.1 Å². The number of hydrogen-bond acceptors (Lipinski definition) is 3. The number of aromatic carboxylic acids is 1. The van der Waals surface area contributed by atoms with Gasteiger partial charge in [-0.15, -0.1) is 0 Å². The summed E-state index contributed by atoms with van der Waals surface area (Å²) in [5, 5.41) is 9.56. The van der Waals surface area contributed by atoms with Crippen LogP contribution in [-0.2, 0) is 19.5 Å². The molecule has 2 aromatic heterocycles. The average molecular weight is 547 g/mol. The Morgan fingerprint density at radius 1 is 1.02 bits per heavy atom. The zero-order valence-electron chi connectivity index (χ0n) is 22.2. The van der Waals surface area contributed by atoms with Gasteiger partial charge < -0.3 is 14.2 Å². The summed E-state index contributed by atoms with van der Waals surface area (Å²) in [6.45, 7) is 4.47. The quantitative estimate of drug-likeness (QED) is 0.207. The Balaban J connectivity index is 1.48. The number of halogens is 3. The minimum absolute atomic E-state index is 0.177. The number of aromatic nitrogens is 4. The molecule has 0 aliphatic heterocycles. The maximum absolute atomic E-state index is 12.7. The molecule has 0 bridgehead atoms. The molecule has 206 valence electrons. The lowest BCUT2D eigenvalue weighted by molar-refractivity contribution is -0.136. The topological polar surface area (TPSA) is 72.9 Å². The van der Waals surface area contributed by atoms with E-state index in [-0.39, 0.29) is 12.1 Å². The van der Waals surface area contributed by atoms with Gasteiger partial charge in [-0.1, -0.05) is 49.4 Å². The summed E-state index contributed by atoms with van der Waals surface area (Å²) in [6.07, 6.45) is -0.337. The molecule has 0 atom stereocenters. The van der Waals surface area contributed by atoms with Gasteiger partial charge in [0.25, 0.3) is 0 Å². The standard InChI is InChI=1S/C31H29F3N4O2/c1-3-6-28-36-29-20(2)15-23(26-18-37(19-35-26)14-13-31(32,33)34)16-27(29)38(28)17-21-9-11-22(12-10-21)24-7-4-5-8-25(24)30(39)40/h4-5,7-12,15-16,18-19H,3,6,13-14,17H2,1-2H3,(H,39,40). The fourth-order valence-electron chi connectivity index (χ4n) is 4.96. The molecule has 1 N–H and O–H groups in total. The lowest BCUT2D eigenvalue weighted by atomic mass is 9.98. The Bertz CT molecular complexity index is 1670. The van der Waals surface area contributed by atoms with Gasteiger partial charge in [0.2, 0.25) is 0 Å². The van der Waals surface area contributed by atoms with Gasteiger partial charge in [0.05, 0.1) is 35.0 Å². The number of rotatable bonds is 9. The molecule has 0 unspecified atom stereocenters. The Kier molecular flexibility index (Phi) is 7.47. The van der Waals surface area contributed by atoms with E-state index in [1.807, 2.05) is 49.4 Å². The normalized spacial score (nSPS) is 11.8. The van der Waals surface area contributed by atoms with Crippen molar-refractivity contribution in [1.82, 2.24) is 19.1 Å². The van der Waals surface area contributed by atoms with Crippen LogP contribution in [0, 0.1) is 6.92 Å². The van der Waals surface area contributed by atoms with Crippen LogP contribution in [0.25, 0.3) is 33.4 Å². The van der Waals surface area contributed by atoms with E-state index >= 15 is 0 Å². The molecule has 0 saturated heterocycles. The molecule has 6 nitrogen and oxygen atoms in total. The first-order valence-electron chi connectivity index (χ1n) is 13.1. The molecule has 0 aliphatic rings. The first kappa shape index (κ1) is 27.2. The number of carboxylic acids is 1. The van der Waals surface area contributed by atoms with E-state index in [1.165, 1.54) is 10.9 Å². The van der Waals surface area contributed by atoms with Crippen LogP contribution in [0.1, 0.15) is 47.1 Å². The summed E-state index contributed by atoms with van der Waals surface area (Å²) in [4.78, 5) is 21.0. The van der Waals surface area contributed by atoms with Crippen molar-refractivity contribution in [2.24, 2.45) is 0 Å². The highest BCUT2D eigenvalue weighted by molar-refractivity contribution is 5.96. The maximum Gasteiger partial charge on any atom is 0.390 e. The van der Waals surface area contributed by atoms with E-state index in [1.54, 1.807) is 24.4 Å². The molecular formula is C31H29F3N4O2. The Morgan fingerprint density at radius 2 is 1.77 bits per heavy atom. The SMILES string of the molecule is CCCc1nc2c(C)cc(-c3cn(CCC(F)(F)F)cn3)cc2n1Cc1ccc(-c2ccccc2C(=O)O)cc1. The zero-order chi connectivity index (χ0) is 28.4. The Hall–Kier alpha value is -4.40. The molecule has 2 heterocycles. The van der Waals surface area contributed by atoms with Gasteiger partial charge in [0, 0.05) is 31.3 Å². The van der Waals surface area contributed by atoms with Gasteiger partial charge in [0.15, 0.2) is 0 Å². The monoisotopic (exact) mass is 546 g/mol. The van der Waals surface area contributed by atoms with Crippen molar-refractivity contribution in [2.45, 2.75) is 52.4 Å². The first-order chi connectivity index (χ1) is 19.1. The molecule has 40 heavy (non-hydrogen) atoms. The van der Waals surface area contributed by atoms with Crippen LogP contribution in [0.3, 0.4) is 0 Å². The number of carbonyl (C=O) groups is 1. The molecule has 0 amide bonds. The third-order valence-electron chi connectivity index (χ3n) is 6.94. The van der Waals surface area contributed by atoms with Gasteiger partial charge in [-0.05, 0) is 53.8 Å². The van der Waals surface area contributed by atoms with Crippen LogP contribution >= 0.6 is 0 Å². The number of imidazole rings is 2. The molecule has 0 aliphatic carbocycles. The van der Waals surface area contributed by atoms with Crippen LogP contribution in [0.15, 0.2) is 73.2 Å². The van der Waals surface area contributed by atoms with Crippen molar-refractivity contribution in [3.8, 4) is 22.4 Å². The Morgan fingerprint density at radius 3 is 2.48 bits per heavy atom. The number of aryl methyl sites for hydroxylation is 3. The molecule has 0 fully saturated rings. The van der Waals surface area contributed by atoms with E-state index in [0.29, 0.717) is 17.8 Å². The third kappa shape index (κ3) is 5.78. The number of alkyl halides is 3. The lowest BCUT2D eigenvalue weighted by Gasteiger charge is -2.12. The molecule has 0 saturated carbocycles. The molecule has 0 spiro atoms. The predicted octanol–water partition coefficient (Wildman–Crippen LogP) is 7.53. The number of hydrogen-bond donors (Lipinski definition) is 1. The summed E-state index contributed by atoms with van der Waals surface area (Å²) in [7, 11) is 0. The highest BCUT2D eigenvalue weighted by Crippen LogP contribution is 2.30. The maximum atomic E-state index is 12.7. The minimum Gasteiger partial charge on any atom is -0.478 e. The van der Waals surface area contributed by atoms with Crippen LogP contribution < -0.4 is 0 Å². The van der Waals surface area contributed by atoms with Crippen molar-refractivity contribution in [2.75, 3.05) is 0 Å². The van der Waals surface area contributed by atoms with E-state index in [4.69, 9.17) is 4.98 Å². The smallest absolute Gasteiger partial charge is 0.390 e. The highest BCUT2D eigenvalue weighted by Gasteiger charge is 2.26. The minimum atomic E-state index is -4.22. The molecule has 5 aromatic rings. The van der Waals surface area contributed by atoms with Crippen molar-refractivity contribution in [3.63, 3.8) is 0 Å². The number of benzene rings is 3. The average Bonchev–Trinajstić information content (AvgIpc) is 3.53. The third-order valence-corrected chi connectivity index (χ3v) is 6.94. The molecule has 0 radical (unpaired) electrons. The number of fused-ring (bicyclic) bond motifs is 1. The van der Waals surface area contributed by atoms with E-state index in [0.717, 1.165) is 52.0 Å². The van der Waals surface area contributed by atoms with Gasteiger partial charge in [-0.2, -0.15) is 13.2 Å². The molecule has 3 aromatic carbocycles.